The van der Waals surface area contributed by atoms with Crippen LogP contribution in [0.25, 0.3) is 28.5 Å². The van der Waals surface area contributed by atoms with Crippen molar-refractivity contribution in [1.82, 2.24) is 14.8 Å². The van der Waals surface area contributed by atoms with Gasteiger partial charge in [0.25, 0.3) is 0 Å². The highest BCUT2D eigenvalue weighted by Crippen LogP contribution is 2.35. The molecule has 0 amide bonds. The van der Waals surface area contributed by atoms with Crippen LogP contribution in [0.2, 0.25) is 0 Å². The topological polar surface area (TPSA) is 97.5 Å². The van der Waals surface area contributed by atoms with Gasteiger partial charge >= 0.3 is 0 Å². The zero-order chi connectivity index (χ0) is 24.4. The van der Waals surface area contributed by atoms with Gasteiger partial charge in [-0.15, -0.1) is 5.10 Å². The summed E-state index contributed by atoms with van der Waals surface area (Å²) in [5.74, 6) is 0.876. The van der Waals surface area contributed by atoms with E-state index in [0.717, 1.165) is 0 Å². The third-order valence-electron chi connectivity index (χ3n) is 5.61. The fourth-order valence-electron chi connectivity index (χ4n) is 3.84. The number of aromatic nitrogens is 3. The molecule has 5 rings (SSSR count). The number of aromatic hydroxyl groups is 2. The number of carbonyl (C=O) groups is 1. The highest BCUT2D eigenvalue weighted by Gasteiger charge is 2.23. The SMILES string of the molecule is COc1ccc(C(=O)c2ccccc2)c(-n2nc(-c3ccccc3O)nc2-c2ccccc2O)c1. The van der Waals surface area contributed by atoms with Crippen molar-refractivity contribution in [3.05, 3.63) is 108 Å². The summed E-state index contributed by atoms with van der Waals surface area (Å²) in [6.45, 7) is 0. The molecule has 1 aromatic heterocycles. The summed E-state index contributed by atoms with van der Waals surface area (Å²) in [6, 6.07) is 27.5. The molecule has 0 fully saturated rings. The molecule has 2 N–H and O–H groups in total. The number of hydrogen-bond donors (Lipinski definition) is 2. The van der Waals surface area contributed by atoms with Crippen molar-refractivity contribution in [2.45, 2.75) is 0 Å². The summed E-state index contributed by atoms with van der Waals surface area (Å²) >= 11 is 0. The zero-order valence-corrected chi connectivity index (χ0v) is 18.8. The lowest BCUT2D eigenvalue weighted by atomic mass is 10.0. The number of rotatable bonds is 6. The molecule has 7 nitrogen and oxygen atoms in total. The summed E-state index contributed by atoms with van der Waals surface area (Å²) in [4.78, 5) is 18.2. The highest BCUT2D eigenvalue weighted by atomic mass is 16.5. The molecule has 172 valence electrons. The smallest absolute Gasteiger partial charge is 0.195 e. The third-order valence-corrected chi connectivity index (χ3v) is 5.61. The lowest BCUT2D eigenvalue weighted by Crippen LogP contribution is -2.10. The first-order chi connectivity index (χ1) is 17.1. The maximum atomic E-state index is 13.5. The van der Waals surface area contributed by atoms with Crippen molar-refractivity contribution in [2.24, 2.45) is 0 Å². The van der Waals surface area contributed by atoms with Crippen molar-refractivity contribution >= 4 is 5.78 Å². The van der Waals surface area contributed by atoms with E-state index in [1.807, 2.05) is 6.07 Å². The molecule has 5 aromatic rings. The van der Waals surface area contributed by atoms with Gasteiger partial charge in [0.15, 0.2) is 17.4 Å². The Morgan fingerprint density at radius 1 is 0.800 bits per heavy atom. The van der Waals surface area contributed by atoms with E-state index in [1.54, 1.807) is 91.0 Å². The molecule has 1 heterocycles. The van der Waals surface area contributed by atoms with Gasteiger partial charge in [0, 0.05) is 17.2 Å². The molecule has 0 aliphatic heterocycles. The van der Waals surface area contributed by atoms with Crippen LogP contribution in [0, 0.1) is 0 Å². The number of phenolic OH excluding ortho intramolecular Hbond substituents is 2. The number of phenols is 2. The number of para-hydroxylation sites is 2. The number of methoxy groups -OCH3 is 1. The van der Waals surface area contributed by atoms with Gasteiger partial charge in [0.1, 0.15) is 17.2 Å². The highest BCUT2D eigenvalue weighted by molar-refractivity contribution is 6.11. The van der Waals surface area contributed by atoms with Crippen LogP contribution in [0.4, 0.5) is 0 Å². The minimum Gasteiger partial charge on any atom is -0.507 e. The summed E-state index contributed by atoms with van der Waals surface area (Å²) in [5.41, 5.74) is 2.15. The lowest BCUT2D eigenvalue weighted by Gasteiger charge is -2.13. The molecule has 0 radical (unpaired) electrons. The van der Waals surface area contributed by atoms with E-state index in [2.05, 4.69) is 10.1 Å². The molecule has 0 spiro atoms. The van der Waals surface area contributed by atoms with E-state index < -0.39 is 0 Å². The van der Waals surface area contributed by atoms with Crippen LogP contribution in [0.15, 0.2) is 97.1 Å². The Labute approximate surface area is 201 Å². The Balaban J connectivity index is 1.79. The monoisotopic (exact) mass is 463 g/mol. The van der Waals surface area contributed by atoms with E-state index in [1.165, 1.54) is 11.8 Å². The number of carbonyl (C=O) groups excluding carboxylic acids is 1. The van der Waals surface area contributed by atoms with Crippen LogP contribution < -0.4 is 4.74 Å². The van der Waals surface area contributed by atoms with Crippen LogP contribution in [0.5, 0.6) is 17.2 Å². The standard InChI is InChI=1S/C28H21N3O4/c1-35-19-15-16-20(26(34)18-9-3-2-4-10-18)23(17-19)31-28(22-12-6-8-14-25(22)33)29-27(30-31)21-11-5-7-13-24(21)32/h2-17,32-33H,1H3. The maximum Gasteiger partial charge on any atom is 0.195 e. The van der Waals surface area contributed by atoms with Crippen LogP contribution in [-0.4, -0.2) is 37.9 Å². The second-order valence-corrected chi connectivity index (χ2v) is 7.78. The quantitative estimate of drug-likeness (QED) is 0.334. The number of ketones is 1. The summed E-state index contributed by atoms with van der Waals surface area (Å²) in [5, 5.41) is 25.7. The van der Waals surface area contributed by atoms with Crippen LogP contribution in [0.1, 0.15) is 15.9 Å². The molecule has 0 saturated heterocycles. The molecular formula is C28H21N3O4. The Bertz CT molecular complexity index is 1530. The number of nitrogens with zero attached hydrogens (tertiary/aromatic N) is 3. The number of benzene rings is 4. The Kier molecular flexibility index (Phi) is 5.73. The van der Waals surface area contributed by atoms with Gasteiger partial charge in [-0.2, -0.15) is 0 Å². The largest absolute Gasteiger partial charge is 0.507 e. The molecule has 7 heteroatoms. The minimum absolute atomic E-state index is 0.00353. The normalized spacial score (nSPS) is 10.8. The fraction of sp³-hybridized carbons (Fsp3) is 0.0357. The summed E-state index contributed by atoms with van der Waals surface area (Å²) in [7, 11) is 1.54. The molecule has 0 saturated carbocycles. The zero-order valence-electron chi connectivity index (χ0n) is 18.8. The first kappa shape index (κ1) is 21.9. The second-order valence-electron chi connectivity index (χ2n) is 7.78. The van der Waals surface area contributed by atoms with E-state index in [9.17, 15) is 15.0 Å². The van der Waals surface area contributed by atoms with Crippen LogP contribution in [0.3, 0.4) is 0 Å². The maximum absolute atomic E-state index is 13.5. The van der Waals surface area contributed by atoms with Crippen LogP contribution >= 0.6 is 0 Å². The predicted molar refractivity (Wildman–Crippen MR) is 132 cm³/mol. The molecule has 0 atom stereocenters. The van der Waals surface area contributed by atoms with E-state index in [4.69, 9.17) is 4.74 Å². The van der Waals surface area contributed by atoms with Crippen molar-refractivity contribution in [3.63, 3.8) is 0 Å². The molecular weight excluding hydrogens is 442 g/mol. The van der Waals surface area contributed by atoms with Gasteiger partial charge in [0.2, 0.25) is 0 Å². The van der Waals surface area contributed by atoms with Gasteiger partial charge in [-0.05, 0) is 36.4 Å². The summed E-state index contributed by atoms with van der Waals surface area (Å²) < 4.78 is 6.93. The first-order valence-electron chi connectivity index (χ1n) is 10.9. The Morgan fingerprint density at radius 2 is 1.43 bits per heavy atom. The third kappa shape index (κ3) is 4.11. The van der Waals surface area contributed by atoms with Gasteiger partial charge in [-0.3, -0.25) is 4.79 Å². The van der Waals surface area contributed by atoms with Crippen LogP contribution in [-0.2, 0) is 0 Å². The van der Waals surface area contributed by atoms with E-state index in [-0.39, 0.29) is 23.1 Å². The molecule has 4 aromatic carbocycles. The van der Waals surface area contributed by atoms with Gasteiger partial charge in [-0.25, -0.2) is 9.67 Å². The average molecular weight is 463 g/mol. The lowest BCUT2D eigenvalue weighted by molar-refractivity contribution is 0.103. The van der Waals surface area contributed by atoms with E-state index >= 15 is 0 Å². The average Bonchev–Trinajstić information content (AvgIpc) is 3.33. The Hall–Kier alpha value is -4.91. The van der Waals surface area contributed by atoms with Crippen molar-refractivity contribution in [2.75, 3.05) is 7.11 Å². The number of hydrogen-bond acceptors (Lipinski definition) is 6. The predicted octanol–water partition coefficient (Wildman–Crippen LogP) is 5.25. The minimum atomic E-state index is -0.203. The van der Waals surface area contributed by atoms with Gasteiger partial charge in [0.05, 0.1) is 23.9 Å². The van der Waals surface area contributed by atoms with Gasteiger partial charge < -0.3 is 14.9 Å². The number of ether oxygens (including phenoxy) is 1. The molecule has 0 bridgehead atoms. The Morgan fingerprint density at radius 3 is 2.09 bits per heavy atom. The molecule has 0 aliphatic rings. The van der Waals surface area contributed by atoms with Gasteiger partial charge in [-0.1, -0.05) is 54.6 Å². The summed E-state index contributed by atoms with van der Waals surface area (Å²) in [6.07, 6.45) is 0. The second kappa shape index (κ2) is 9.15. The molecule has 35 heavy (non-hydrogen) atoms. The van der Waals surface area contributed by atoms with Crippen molar-refractivity contribution in [3.8, 4) is 45.7 Å². The fourth-order valence-corrected chi connectivity index (χ4v) is 3.84. The molecule has 0 unspecified atom stereocenters. The van der Waals surface area contributed by atoms with Crippen molar-refractivity contribution in [1.29, 1.82) is 0 Å². The van der Waals surface area contributed by atoms with E-state index in [0.29, 0.717) is 39.5 Å². The first-order valence-corrected chi connectivity index (χ1v) is 10.9. The van der Waals surface area contributed by atoms with Crippen molar-refractivity contribution < 1.29 is 19.7 Å². The molecule has 0 aliphatic carbocycles.